The molecule has 0 saturated carbocycles. The van der Waals surface area contributed by atoms with Crippen LogP contribution in [0.5, 0.6) is 0 Å². The molecule has 2 unspecified atom stereocenters. The standard InChI is InChI=1S/C9H20N2O2/c1-4-5-8(10)9(13)11(3)7(2)6-12/h7-8,12H,4-6,10H2,1-3H3. The molecule has 0 bridgehead atoms. The van der Waals surface area contributed by atoms with Gasteiger partial charge in [-0.3, -0.25) is 4.79 Å². The van der Waals surface area contributed by atoms with Crippen LogP contribution in [0.1, 0.15) is 26.7 Å². The maximum absolute atomic E-state index is 11.5. The van der Waals surface area contributed by atoms with E-state index in [0.29, 0.717) is 6.42 Å². The molecule has 0 aliphatic rings. The van der Waals surface area contributed by atoms with E-state index in [9.17, 15) is 4.79 Å². The van der Waals surface area contributed by atoms with Crippen molar-refractivity contribution in [3.63, 3.8) is 0 Å². The van der Waals surface area contributed by atoms with E-state index in [1.54, 1.807) is 14.0 Å². The predicted octanol–water partition coefficient (Wildman–Crippen LogP) is -0.0470. The number of nitrogens with two attached hydrogens (primary N) is 1. The van der Waals surface area contributed by atoms with E-state index < -0.39 is 6.04 Å². The molecule has 0 aromatic carbocycles. The number of likely N-dealkylation sites (N-methyl/N-ethyl adjacent to an activating group) is 1. The second kappa shape index (κ2) is 5.94. The molecule has 3 N–H and O–H groups in total. The van der Waals surface area contributed by atoms with Gasteiger partial charge in [0, 0.05) is 7.05 Å². The fourth-order valence-corrected chi connectivity index (χ4v) is 1.04. The molecule has 0 aromatic heterocycles. The lowest BCUT2D eigenvalue weighted by molar-refractivity contribution is -0.133. The van der Waals surface area contributed by atoms with Crippen LogP contribution >= 0.6 is 0 Å². The molecular formula is C9H20N2O2. The third-order valence-electron chi connectivity index (χ3n) is 2.19. The molecule has 0 rings (SSSR count). The Morgan fingerprint density at radius 1 is 1.62 bits per heavy atom. The first kappa shape index (κ1) is 12.4. The van der Waals surface area contributed by atoms with Crippen molar-refractivity contribution in [2.75, 3.05) is 13.7 Å². The Bertz CT molecular complexity index is 162. The van der Waals surface area contributed by atoms with Gasteiger partial charge in [-0.15, -0.1) is 0 Å². The average Bonchev–Trinajstić information content (AvgIpc) is 2.14. The van der Waals surface area contributed by atoms with Crippen molar-refractivity contribution >= 4 is 5.91 Å². The highest BCUT2D eigenvalue weighted by molar-refractivity contribution is 5.81. The highest BCUT2D eigenvalue weighted by Crippen LogP contribution is 2.01. The number of carbonyl (C=O) groups excluding carboxylic acids is 1. The maximum Gasteiger partial charge on any atom is 0.239 e. The van der Waals surface area contributed by atoms with Gasteiger partial charge < -0.3 is 15.7 Å². The van der Waals surface area contributed by atoms with Crippen LogP contribution in [0, 0.1) is 0 Å². The van der Waals surface area contributed by atoms with Crippen LogP contribution in [0.4, 0.5) is 0 Å². The van der Waals surface area contributed by atoms with Gasteiger partial charge in [-0.2, -0.15) is 0 Å². The van der Waals surface area contributed by atoms with Crippen molar-refractivity contribution in [1.82, 2.24) is 4.90 Å². The molecule has 0 fully saturated rings. The van der Waals surface area contributed by atoms with Gasteiger partial charge in [-0.05, 0) is 13.3 Å². The van der Waals surface area contributed by atoms with Gasteiger partial charge in [-0.25, -0.2) is 0 Å². The van der Waals surface area contributed by atoms with Crippen LogP contribution in [0.2, 0.25) is 0 Å². The Balaban J connectivity index is 4.08. The lowest BCUT2D eigenvalue weighted by atomic mass is 10.1. The minimum absolute atomic E-state index is 0.0267. The molecule has 0 spiro atoms. The number of hydrogen-bond donors (Lipinski definition) is 2. The van der Waals surface area contributed by atoms with Crippen molar-refractivity contribution in [2.45, 2.75) is 38.8 Å². The topological polar surface area (TPSA) is 66.6 Å². The Morgan fingerprint density at radius 3 is 2.54 bits per heavy atom. The zero-order valence-electron chi connectivity index (χ0n) is 8.66. The van der Waals surface area contributed by atoms with Crippen molar-refractivity contribution < 1.29 is 9.90 Å². The van der Waals surface area contributed by atoms with Crippen molar-refractivity contribution in [2.24, 2.45) is 5.73 Å². The second-order valence-electron chi connectivity index (χ2n) is 3.38. The first-order valence-corrected chi connectivity index (χ1v) is 4.67. The van der Waals surface area contributed by atoms with Gasteiger partial charge in [0.15, 0.2) is 0 Å². The van der Waals surface area contributed by atoms with Gasteiger partial charge in [0.25, 0.3) is 0 Å². The third-order valence-corrected chi connectivity index (χ3v) is 2.19. The zero-order chi connectivity index (χ0) is 10.4. The summed E-state index contributed by atoms with van der Waals surface area (Å²) in [5.74, 6) is -0.0941. The van der Waals surface area contributed by atoms with Crippen molar-refractivity contribution in [1.29, 1.82) is 0 Å². The Morgan fingerprint density at radius 2 is 2.15 bits per heavy atom. The molecule has 78 valence electrons. The molecule has 1 amide bonds. The van der Waals surface area contributed by atoms with E-state index in [-0.39, 0.29) is 18.6 Å². The van der Waals surface area contributed by atoms with E-state index in [2.05, 4.69) is 0 Å². The van der Waals surface area contributed by atoms with Gasteiger partial charge in [0.1, 0.15) is 0 Å². The summed E-state index contributed by atoms with van der Waals surface area (Å²) < 4.78 is 0. The lowest BCUT2D eigenvalue weighted by Crippen LogP contribution is -2.46. The van der Waals surface area contributed by atoms with E-state index >= 15 is 0 Å². The average molecular weight is 188 g/mol. The summed E-state index contributed by atoms with van der Waals surface area (Å²) in [7, 11) is 1.67. The van der Waals surface area contributed by atoms with Crippen LogP contribution in [0.3, 0.4) is 0 Å². The largest absolute Gasteiger partial charge is 0.394 e. The van der Waals surface area contributed by atoms with Gasteiger partial charge >= 0.3 is 0 Å². The molecule has 4 heteroatoms. The number of aliphatic hydroxyl groups is 1. The smallest absolute Gasteiger partial charge is 0.239 e. The number of rotatable bonds is 5. The molecule has 0 aliphatic heterocycles. The van der Waals surface area contributed by atoms with Crippen LogP contribution in [0.25, 0.3) is 0 Å². The van der Waals surface area contributed by atoms with Gasteiger partial charge in [0.2, 0.25) is 5.91 Å². The van der Waals surface area contributed by atoms with Crippen molar-refractivity contribution in [3.8, 4) is 0 Å². The number of hydrogen-bond acceptors (Lipinski definition) is 3. The first-order chi connectivity index (χ1) is 6.04. The Kier molecular flexibility index (Phi) is 5.66. The lowest BCUT2D eigenvalue weighted by Gasteiger charge is -2.25. The second-order valence-corrected chi connectivity index (χ2v) is 3.38. The monoisotopic (exact) mass is 188 g/mol. The number of nitrogens with zero attached hydrogens (tertiary/aromatic N) is 1. The third kappa shape index (κ3) is 3.74. The number of amides is 1. The first-order valence-electron chi connectivity index (χ1n) is 4.67. The van der Waals surface area contributed by atoms with Crippen LogP contribution in [-0.2, 0) is 4.79 Å². The molecule has 0 aromatic rings. The minimum Gasteiger partial charge on any atom is -0.394 e. The molecular weight excluding hydrogens is 168 g/mol. The zero-order valence-corrected chi connectivity index (χ0v) is 8.66. The van der Waals surface area contributed by atoms with E-state index in [1.807, 2.05) is 6.92 Å². The number of aliphatic hydroxyl groups excluding tert-OH is 1. The van der Waals surface area contributed by atoms with Gasteiger partial charge in [-0.1, -0.05) is 13.3 Å². The Hall–Kier alpha value is -0.610. The van der Waals surface area contributed by atoms with E-state index in [4.69, 9.17) is 10.8 Å². The summed E-state index contributed by atoms with van der Waals surface area (Å²) in [4.78, 5) is 13.0. The van der Waals surface area contributed by atoms with Crippen LogP contribution in [-0.4, -0.2) is 41.7 Å². The van der Waals surface area contributed by atoms with Gasteiger partial charge in [0.05, 0.1) is 18.7 Å². The summed E-state index contributed by atoms with van der Waals surface area (Å²) in [6.07, 6.45) is 1.59. The fourth-order valence-electron chi connectivity index (χ4n) is 1.04. The van der Waals surface area contributed by atoms with Crippen LogP contribution in [0.15, 0.2) is 0 Å². The Labute approximate surface area is 79.7 Å². The minimum atomic E-state index is -0.427. The SMILES string of the molecule is CCCC(N)C(=O)N(C)C(C)CO. The van der Waals surface area contributed by atoms with Crippen LogP contribution < -0.4 is 5.73 Å². The van der Waals surface area contributed by atoms with E-state index in [0.717, 1.165) is 6.42 Å². The molecule has 13 heavy (non-hydrogen) atoms. The summed E-state index contributed by atoms with van der Waals surface area (Å²) in [6, 6.07) is -0.584. The molecule has 4 nitrogen and oxygen atoms in total. The maximum atomic E-state index is 11.5. The predicted molar refractivity (Wildman–Crippen MR) is 52.2 cm³/mol. The highest BCUT2D eigenvalue weighted by atomic mass is 16.3. The highest BCUT2D eigenvalue weighted by Gasteiger charge is 2.20. The van der Waals surface area contributed by atoms with Crippen molar-refractivity contribution in [3.05, 3.63) is 0 Å². The summed E-state index contributed by atoms with van der Waals surface area (Å²) >= 11 is 0. The number of carbonyl (C=O) groups is 1. The summed E-state index contributed by atoms with van der Waals surface area (Å²) in [6.45, 7) is 3.75. The fraction of sp³-hybridized carbons (Fsp3) is 0.889. The summed E-state index contributed by atoms with van der Waals surface area (Å²) in [5.41, 5.74) is 5.65. The molecule has 0 saturated heterocycles. The van der Waals surface area contributed by atoms with E-state index in [1.165, 1.54) is 4.90 Å². The normalized spacial score (nSPS) is 15.2. The molecule has 0 heterocycles. The molecule has 2 atom stereocenters. The quantitative estimate of drug-likeness (QED) is 0.636. The summed E-state index contributed by atoms with van der Waals surface area (Å²) in [5, 5.41) is 8.83. The molecule has 0 radical (unpaired) electrons. The molecule has 0 aliphatic carbocycles.